The van der Waals surface area contributed by atoms with Crippen molar-refractivity contribution in [2.24, 2.45) is 5.92 Å². The zero-order valence-electron chi connectivity index (χ0n) is 15.6. The van der Waals surface area contributed by atoms with E-state index in [4.69, 9.17) is 4.74 Å². The molecule has 2 aromatic carbocycles. The third-order valence-corrected chi connectivity index (χ3v) is 5.49. The van der Waals surface area contributed by atoms with E-state index in [0.29, 0.717) is 24.4 Å². The standard InChI is InChI=1S/C21H25NO4S/c1-15(14-27-19-10-6-5-9-18(19)26-2)13-22-20(23)12-11-16-7-3-4-8-17(16)21(24)25/h3-10,15H,11-14H2,1-2H3,(H,22,23)(H,24,25). The zero-order valence-corrected chi connectivity index (χ0v) is 16.4. The Labute approximate surface area is 164 Å². The maximum Gasteiger partial charge on any atom is 0.335 e. The Bertz CT molecular complexity index is 778. The maximum absolute atomic E-state index is 12.1. The van der Waals surface area contributed by atoms with Gasteiger partial charge >= 0.3 is 5.97 Å². The van der Waals surface area contributed by atoms with Crippen LogP contribution in [0.2, 0.25) is 0 Å². The van der Waals surface area contributed by atoms with Crippen LogP contribution in [-0.4, -0.2) is 36.4 Å². The first-order chi connectivity index (χ1) is 13.0. The molecular weight excluding hydrogens is 362 g/mol. The number of amides is 1. The summed E-state index contributed by atoms with van der Waals surface area (Å²) in [7, 11) is 1.66. The van der Waals surface area contributed by atoms with Gasteiger partial charge in [0.1, 0.15) is 5.75 Å². The van der Waals surface area contributed by atoms with Crippen molar-refractivity contribution in [2.45, 2.75) is 24.7 Å². The number of carbonyl (C=O) groups is 2. The third kappa shape index (κ3) is 6.64. The van der Waals surface area contributed by atoms with Crippen LogP contribution in [0.3, 0.4) is 0 Å². The monoisotopic (exact) mass is 387 g/mol. The number of aromatic carboxylic acids is 1. The number of methoxy groups -OCH3 is 1. The van der Waals surface area contributed by atoms with Gasteiger partial charge in [0.15, 0.2) is 0 Å². The van der Waals surface area contributed by atoms with Gasteiger partial charge in [0.25, 0.3) is 0 Å². The number of aryl methyl sites for hydroxylation is 1. The second-order valence-corrected chi connectivity index (χ2v) is 7.40. The minimum atomic E-state index is -0.965. The number of thioether (sulfide) groups is 1. The van der Waals surface area contributed by atoms with Crippen LogP contribution < -0.4 is 10.1 Å². The number of carboxylic acid groups (broad SMARTS) is 1. The normalized spacial score (nSPS) is 11.6. The fraction of sp³-hybridized carbons (Fsp3) is 0.333. The molecular formula is C21H25NO4S. The molecule has 6 heteroatoms. The Balaban J connectivity index is 1.74. The second-order valence-electron chi connectivity index (χ2n) is 6.33. The molecule has 0 bridgehead atoms. The number of ether oxygens (including phenoxy) is 1. The predicted molar refractivity (Wildman–Crippen MR) is 108 cm³/mol. The lowest BCUT2D eigenvalue weighted by atomic mass is 10.0. The van der Waals surface area contributed by atoms with Crippen molar-refractivity contribution in [3.63, 3.8) is 0 Å². The Morgan fingerprint density at radius 2 is 1.85 bits per heavy atom. The lowest BCUT2D eigenvalue weighted by molar-refractivity contribution is -0.121. The summed E-state index contributed by atoms with van der Waals surface area (Å²) in [5.74, 6) is 0.992. The highest BCUT2D eigenvalue weighted by Gasteiger charge is 2.12. The van der Waals surface area contributed by atoms with E-state index in [9.17, 15) is 14.7 Å². The van der Waals surface area contributed by atoms with Crippen LogP contribution in [0.25, 0.3) is 0 Å². The van der Waals surface area contributed by atoms with Crippen LogP contribution >= 0.6 is 11.8 Å². The van der Waals surface area contributed by atoms with E-state index >= 15 is 0 Å². The summed E-state index contributed by atoms with van der Waals surface area (Å²) < 4.78 is 5.34. The Morgan fingerprint density at radius 1 is 1.15 bits per heavy atom. The largest absolute Gasteiger partial charge is 0.496 e. The number of rotatable bonds is 10. The molecule has 2 N–H and O–H groups in total. The first-order valence-corrected chi connectivity index (χ1v) is 9.83. The van der Waals surface area contributed by atoms with Gasteiger partial charge in [0.2, 0.25) is 5.91 Å². The average molecular weight is 388 g/mol. The predicted octanol–water partition coefficient (Wildman–Crippen LogP) is 3.87. The number of hydrogen-bond acceptors (Lipinski definition) is 4. The second kappa shape index (κ2) is 10.6. The minimum Gasteiger partial charge on any atom is -0.496 e. The van der Waals surface area contributed by atoms with Crippen molar-refractivity contribution in [3.05, 3.63) is 59.7 Å². The van der Waals surface area contributed by atoms with Gasteiger partial charge in [-0.25, -0.2) is 4.79 Å². The Morgan fingerprint density at radius 3 is 2.59 bits per heavy atom. The SMILES string of the molecule is COc1ccccc1SCC(C)CNC(=O)CCc1ccccc1C(=O)O. The third-order valence-electron chi connectivity index (χ3n) is 4.11. The van der Waals surface area contributed by atoms with Gasteiger partial charge in [-0.2, -0.15) is 0 Å². The van der Waals surface area contributed by atoms with Crippen molar-refractivity contribution in [3.8, 4) is 5.75 Å². The van der Waals surface area contributed by atoms with E-state index in [1.165, 1.54) is 0 Å². The summed E-state index contributed by atoms with van der Waals surface area (Å²) in [4.78, 5) is 24.4. The fourth-order valence-electron chi connectivity index (χ4n) is 2.60. The highest BCUT2D eigenvalue weighted by molar-refractivity contribution is 7.99. The van der Waals surface area contributed by atoms with E-state index in [2.05, 4.69) is 12.2 Å². The van der Waals surface area contributed by atoms with Crippen molar-refractivity contribution in [2.75, 3.05) is 19.4 Å². The van der Waals surface area contributed by atoms with Crippen LogP contribution in [-0.2, 0) is 11.2 Å². The molecule has 0 radical (unpaired) electrons. The van der Waals surface area contributed by atoms with Gasteiger partial charge < -0.3 is 15.2 Å². The van der Waals surface area contributed by atoms with E-state index in [1.54, 1.807) is 43.1 Å². The summed E-state index contributed by atoms with van der Waals surface area (Å²) in [5.41, 5.74) is 0.937. The van der Waals surface area contributed by atoms with Crippen molar-refractivity contribution < 1.29 is 19.4 Å². The topological polar surface area (TPSA) is 75.6 Å². The molecule has 27 heavy (non-hydrogen) atoms. The quantitative estimate of drug-likeness (QED) is 0.605. The molecule has 1 atom stereocenters. The molecule has 1 unspecified atom stereocenters. The molecule has 0 saturated carbocycles. The van der Waals surface area contributed by atoms with Gasteiger partial charge in [0.05, 0.1) is 12.7 Å². The summed E-state index contributed by atoms with van der Waals surface area (Å²) in [6.07, 6.45) is 0.690. The molecule has 0 spiro atoms. The van der Waals surface area contributed by atoms with Gasteiger partial charge in [-0.3, -0.25) is 4.79 Å². The van der Waals surface area contributed by atoms with Crippen LogP contribution in [0.1, 0.15) is 29.3 Å². The average Bonchev–Trinajstić information content (AvgIpc) is 2.69. The molecule has 1 amide bonds. The maximum atomic E-state index is 12.1. The molecule has 0 saturated heterocycles. The number of para-hydroxylation sites is 1. The van der Waals surface area contributed by atoms with Crippen LogP contribution in [0.15, 0.2) is 53.4 Å². The molecule has 0 heterocycles. The van der Waals surface area contributed by atoms with Gasteiger partial charge in [-0.05, 0) is 36.1 Å². The van der Waals surface area contributed by atoms with Gasteiger partial charge in [-0.15, -0.1) is 11.8 Å². The van der Waals surface area contributed by atoms with E-state index in [0.717, 1.165) is 16.4 Å². The smallest absolute Gasteiger partial charge is 0.335 e. The Hall–Kier alpha value is -2.47. The van der Waals surface area contributed by atoms with Crippen LogP contribution in [0, 0.1) is 5.92 Å². The molecule has 0 aliphatic rings. The van der Waals surface area contributed by atoms with Gasteiger partial charge in [-0.1, -0.05) is 37.3 Å². The molecule has 5 nitrogen and oxygen atoms in total. The van der Waals surface area contributed by atoms with Crippen molar-refractivity contribution in [1.82, 2.24) is 5.32 Å². The van der Waals surface area contributed by atoms with E-state index in [1.807, 2.05) is 24.3 Å². The van der Waals surface area contributed by atoms with Crippen LogP contribution in [0.5, 0.6) is 5.75 Å². The molecule has 2 aromatic rings. The number of hydrogen-bond donors (Lipinski definition) is 2. The lowest BCUT2D eigenvalue weighted by Gasteiger charge is -2.14. The summed E-state index contributed by atoms with van der Waals surface area (Å²) in [6, 6.07) is 14.7. The summed E-state index contributed by atoms with van der Waals surface area (Å²) >= 11 is 1.71. The molecule has 144 valence electrons. The number of nitrogens with one attached hydrogen (secondary N) is 1. The first-order valence-electron chi connectivity index (χ1n) is 8.85. The highest BCUT2D eigenvalue weighted by Crippen LogP contribution is 2.29. The number of carbonyl (C=O) groups excluding carboxylic acids is 1. The molecule has 0 aromatic heterocycles. The van der Waals surface area contributed by atoms with Crippen LogP contribution in [0.4, 0.5) is 0 Å². The Kier molecular flexibility index (Phi) is 8.20. The summed E-state index contributed by atoms with van der Waals surface area (Å²) in [6.45, 7) is 2.67. The molecule has 0 aliphatic carbocycles. The van der Waals surface area contributed by atoms with E-state index in [-0.39, 0.29) is 17.9 Å². The van der Waals surface area contributed by atoms with Crippen molar-refractivity contribution >= 4 is 23.6 Å². The zero-order chi connectivity index (χ0) is 19.6. The number of carboxylic acids is 1. The number of benzene rings is 2. The molecule has 2 rings (SSSR count). The molecule has 0 aliphatic heterocycles. The molecule has 0 fully saturated rings. The summed E-state index contributed by atoms with van der Waals surface area (Å²) in [5, 5.41) is 12.1. The minimum absolute atomic E-state index is 0.0654. The fourth-order valence-corrected chi connectivity index (χ4v) is 3.65. The lowest BCUT2D eigenvalue weighted by Crippen LogP contribution is -2.29. The van der Waals surface area contributed by atoms with E-state index < -0.39 is 5.97 Å². The highest BCUT2D eigenvalue weighted by atomic mass is 32.2. The van der Waals surface area contributed by atoms with Crippen molar-refractivity contribution in [1.29, 1.82) is 0 Å². The van der Waals surface area contributed by atoms with Gasteiger partial charge in [0, 0.05) is 23.6 Å². The first kappa shape index (κ1) is 20.8.